The van der Waals surface area contributed by atoms with Gasteiger partial charge in [0.25, 0.3) is 0 Å². The quantitative estimate of drug-likeness (QED) is 0.879. The molecule has 2 rings (SSSR count). The van der Waals surface area contributed by atoms with Gasteiger partial charge in [0.15, 0.2) is 0 Å². The van der Waals surface area contributed by atoms with E-state index in [1.54, 1.807) is 23.1 Å². The zero-order valence-electron chi connectivity index (χ0n) is 11.2. The van der Waals surface area contributed by atoms with Gasteiger partial charge in [0.1, 0.15) is 5.82 Å². The Morgan fingerprint density at radius 3 is 2.60 bits per heavy atom. The average molecular weight is 303 g/mol. The molecule has 1 saturated heterocycles. The van der Waals surface area contributed by atoms with E-state index in [0.717, 1.165) is 0 Å². The molecule has 1 amide bonds. The summed E-state index contributed by atoms with van der Waals surface area (Å²) in [5, 5.41) is 9.40. The zero-order chi connectivity index (χ0) is 13.8. The molecule has 0 spiro atoms. The Bertz CT molecular complexity index is 451. The molecule has 1 aromatic rings. The maximum Gasteiger partial charge on any atom is 0.239 e. The average Bonchev–Trinajstić information content (AvgIpc) is 2.41. The van der Waals surface area contributed by atoms with E-state index >= 15 is 0 Å². The molecule has 1 heterocycles. The Morgan fingerprint density at radius 1 is 1.40 bits per heavy atom. The highest BCUT2D eigenvalue weighted by molar-refractivity contribution is 5.85. The van der Waals surface area contributed by atoms with Gasteiger partial charge in [-0.15, -0.1) is 12.4 Å². The first-order valence-corrected chi connectivity index (χ1v) is 6.54. The van der Waals surface area contributed by atoms with Crippen molar-refractivity contribution in [1.82, 2.24) is 4.90 Å². The van der Waals surface area contributed by atoms with Gasteiger partial charge in [-0.2, -0.15) is 0 Å². The number of hydrogen-bond donors (Lipinski definition) is 2. The van der Waals surface area contributed by atoms with Gasteiger partial charge in [0, 0.05) is 13.1 Å². The van der Waals surface area contributed by atoms with Crippen LogP contribution in [-0.2, 0) is 11.2 Å². The molecule has 1 atom stereocenters. The third-order valence-corrected chi connectivity index (χ3v) is 3.49. The lowest BCUT2D eigenvalue weighted by Gasteiger charge is -2.31. The summed E-state index contributed by atoms with van der Waals surface area (Å²) < 4.78 is 13.5. The molecule has 1 unspecified atom stereocenters. The maximum absolute atomic E-state index is 13.5. The van der Waals surface area contributed by atoms with Crippen molar-refractivity contribution < 1.29 is 14.3 Å². The topological polar surface area (TPSA) is 66.6 Å². The summed E-state index contributed by atoms with van der Waals surface area (Å²) in [5.74, 6) is -0.505. The lowest BCUT2D eigenvalue weighted by atomic mass is 10.0. The Labute approximate surface area is 124 Å². The number of aliphatic hydroxyl groups excluding tert-OH is 1. The number of aliphatic hydroxyl groups is 1. The standard InChI is InChI=1S/C14H19FN2O2.ClH/c15-12-4-2-1-3-10(12)9-13(16)14(19)17-7-5-11(18)6-8-17;/h1-4,11,13,18H,5-9,16H2;1H. The van der Waals surface area contributed by atoms with Gasteiger partial charge in [-0.05, 0) is 30.9 Å². The summed E-state index contributed by atoms with van der Waals surface area (Å²) in [4.78, 5) is 13.8. The van der Waals surface area contributed by atoms with Crippen LogP contribution >= 0.6 is 12.4 Å². The third-order valence-electron chi connectivity index (χ3n) is 3.49. The van der Waals surface area contributed by atoms with Crippen LogP contribution in [0.5, 0.6) is 0 Å². The minimum Gasteiger partial charge on any atom is -0.393 e. The molecule has 20 heavy (non-hydrogen) atoms. The molecule has 112 valence electrons. The molecule has 0 aromatic heterocycles. The van der Waals surface area contributed by atoms with E-state index in [4.69, 9.17) is 5.73 Å². The maximum atomic E-state index is 13.5. The summed E-state index contributed by atoms with van der Waals surface area (Å²) in [6, 6.07) is 5.62. The van der Waals surface area contributed by atoms with Crippen molar-refractivity contribution in [2.45, 2.75) is 31.4 Å². The van der Waals surface area contributed by atoms with E-state index in [1.807, 2.05) is 0 Å². The number of likely N-dealkylation sites (tertiary alicyclic amines) is 1. The number of halogens is 2. The number of carbonyl (C=O) groups excluding carboxylic acids is 1. The summed E-state index contributed by atoms with van der Waals surface area (Å²) in [6.07, 6.45) is 1.03. The van der Waals surface area contributed by atoms with E-state index in [1.165, 1.54) is 6.07 Å². The van der Waals surface area contributed by atoms with E-state index in [2.05, 4.69) is 0 Å². The minimum atomic E-state index is -0.729. The van der Waals surface area contributed by atoms with Crippen LogP contribution < -0.4 is 5.73 Å². The summed E-state index contributed by atoms with van der Waals surface area (Å²) in [5.41, 5.74) is 6.32. The number of nitrogens with two attached hydrogens (primary N) is 1. The molecule has 6 heteroatoms. The lowest BCUT2D eigenvalue weighted by molar-refractivity contribution is -0.134. The number of benzene rings is 1. The number of carbonyl (C=O) groups is 1. The monoisotopic (exact) mass is 302 g/mol. The van der Waals surface area contributed by atoms with Gasteiger partial charge < -0.3 is 15.7 Å². The molecule has 1 fully saturated rings. The highest BCUT2D eigenvalue weighted by Crippen LogP contribution is 2.13. The number of hydrogen-bond acceptors (Lipinski definition) is 3. The van der Waals surface area contributed by atoms with E-state index in [-0.39, 0.29) is 36.7 Å². The summed E-state index contributed by atoms with van der Waals surface area (Å²) in [7, 11) is 0. The van der Waals surface area contributed by atoms with Crippen molar-refractivity contribution in [3.05, 3.63) is 35.6 Å². The highest BCUT2D eigenvalue weighted by Gasteiger charge is 2.25. The van der Waals surface area contributed by atoms with Crippen LogP contribution in [0.1, 0.15) is 18.4 Å². The molecule has 3 N–H and O–H groups in total. The van der Waals surface area contributed by atoms with Gasteiger partial charge >= 0.3 is 0 Å². The second-order valence-corrected chi connectivity index (χ2v) is 4.96. The highest BCUT2D eigenvalue weighted by atomic mass is 35.5. The van der Waals surface area contributed by atoms with Gasteiger partial charge in [0.2, 0.25) is 5.91 Å². The van der Waals surface area contributed by atoms with E-state index in [9.17, 15) is 14.3 Å². The number of nitrogens with zero attached hydrogens (tertiary/aromatic N) is 1. The smallest absolute Gasteiger partial charge is 0.239 e. The Morgan fingerprint density at radius 2 is 2.00 bits per heavy atom. The Hall–Kier alpha value is -1.17. The van der Waals surface area contributed by atoms with Crippen molar-refractivity contribution in [3.63, 3.8) is 0 Å². The van der Waals surface area contributed by atoms with E-state index in [0.29, 0.717) is 31.5 Å². The lowest BCUT2D eigenvalue weighted by Crippen LogP contribution is -2.48. The van der Waals surface area contributed by atoms with Crippen LogP contribution in [0.2, 0.25) is 0 Å². The molecule has 1 aromatic carbocycles. The largest absolute Gasteiger partial charge is 0.393 e. The zero-order valence-corrected chi connectivity index (χ0v) is 12.0. The van der Waals surface area contributed by atoms with Gasteiger partial charge in [-0.1, -0.05) is 18.2 Å². The predicted octanol–water partition coefficient (Wildman–Crippen LogP) is 1.10. The minimum absolute atomic E-state index is 0. The van der Waals surface area contributed by atoms with Gasteiger partial charge in [0.05, 0.1) is 12.1 Å². The van der Waals surface area contributed by atoms with Crippen LogP contribution in [0.3, 0.4) is 0 Å². The van der Waals surface area contributed by atoms with E-state index < -0.39 is 6.04 Å². The van der Waals surface area contributed by atoms with Crippen LogP contribution in [0.15, 0.2) is 24.3 Å². The first-order chi connectivity index (χ1) is 9.08. The molecular formula is C14H20ClFN2O2. The molecule has 1 aliphatic rings. The number of rotatable bonds is 3. The van der Waals surface area contributed by atoms with Crippen molar-refractivity contribution in [3.8, 4) is 0 Å². The van der Waals surface area contributed by atoms with Crippen LogP contribution in [-0.4, -0.2) is 41.1 Å². The molecular weight excluding hydrogens is 283 g/mol. The SMILES string of the molecule is Cl.NC(Cc1ccccc1F)C(=O)N1CCC(O)CC1. The van der Waals surface area contributed by atoms with Crippen molar-refractivity contribution in [1.29, 1.82) is 0 Å². The van der Waals surface area contributed by atoms with Crippen molar-refractivity contribution in [2.75, 3.05) is 13.1 Å². The third kappa shape index (κ3) is 4.16. The fourth-order valence-corrected chi connectivity index (χ4v) is 2.31. The Kier molecular flexibility index (Phi) is 6.39. The fourth-order valence-electron chi connectivity index (χ4n) is 2.31. The van der Waals surface area contributed by atoms with Crippen LogP contribution in [0.4, 0.5) is 4.39 Å². The molecule has 0 saturated carbocycles. The number of amides is 1. The fraction of sp³-hybridized carbons (Fsp3) is 0.500. The normalized spacial score (nSPS) is 17.4. The molecule has 4 nitrogen and oxygen atoms in total. The second-order valence-electron chi connectivity index (χ2n) is 4.96. The van der Waals surface area contributed by atoms with Crippen LogP contribution in [0, 0.1) is 5.82 Å². The second kappa shape index (κ2) is 7.57. The summed E-state index contributed by atoms with van der Waals surface area (Å²) in [6.45, 7) is 1.04. The van der Waals surface area contributed by atoms with Crippen molar-refractivity contribution >= 4 is 18.3 Å². The Balaban J connectivity index is 0.00000200. The van der Waals surface area contributed by atoms with Gasteiger partial charge in [-0.25, -0.2) is 4.39 Å². The number of piperidine rings is 1. The first kappa shape index (κ1) is 16.9. The van der Waals surface area contributed by atoms with Gasteiger partial charge in [-0.3, -0.25) is 4.79 Å². The van der Waals surface area contributed by atoms with Crippen molar-refractivity contribution in [2.24, 2.45) is 5.73 Å². The molecule has 0 aliphatic carbocycles. The predicted molar refractivity (Wildman–Crippen MR) is 77.1 cm³/mol. The first-order valence-electron chi connectivity index (χ1n) is 6.54. The molecule has 1 aliphatic heterocycles. The molecule has 0 bridgehead atoms. The van der Waals surface area contributed by atoms with Crippen LogP contribution in [0.25, 0.3) is 0 Å². The molecule has 0 radical (unpaired) electrons. The summed E-state index contributed by atoms with van der Waals surface area (Å²) >= 11 is 0.